The fraction of sp³-hybridized carbons (Fsp3) is 0.241. The molecule has 3 heterocycles. The van der Waals surface area contributed by atoms with Crippen LogP contribution in [-0.2, 0) is 11.2 Å². The maximum absolute atomic E-state index is 13.5. The van der Waals surface area contributed by atoms with Gasteiger partial charge in [-0.25, -0.2) is 9.37 Å². The minimum absolute atomic E-state index is 0.141. The van der Waals surface area contributed by atoms with E-state index < -0.39 is 0 Å². The minimum Gasteiger partial charge on any atom is -0.352 e. The van der Waals surface area contributed by atoms with Gasteiger partial charge in [-0.05, 0) is 54.8 Å². The second kappa shape index (κ2) is 11.6. The van der Waals surface area contributed by atoms with Crippen LogP contribution in [0.4, 0.5) is 10.2 Å². The van der Waals surface area contributed by atoms with Crippen molar-refractivity contribution < 1.29 is 9.18 Å². The number of hydrogen-bond acceptors (Lipinski definition) is 5. The zero-order chi connectivity index (χ0) is 26.5. The van der Waals surface area contributed by atoms with Gasteiger partial charge >= 0.3 is 0 Å². The van der Waals surface area contributed by atoms with Gasteiger partial charge in [-0.3, -0.25) is 4.79 Å². The molecule has 0 aliphatic carbocycles. The molecule has 0 saturated carbocycles. The Balaban J connectivity index is 1.23. The van der Waals surface area contributed by atoms with Crippen LogP contribution in [0.2, 0.25) is 5.15 Å². The summed E-state index contributed by atoms with van der Waals surface area (Å²) in [5.41, 5.74) is 4.60. The average Bonchev–Trinajstić information content (AvgIpc) is 3.38. The standard InChI is InChI=1S/C29H28ClFN6O/c1-2-20-6-8-21(9-7-20)28-24(32-29(33-28)22-10-12-23(31)13-11-22)4-3-5-27(38)37-18-16-36(17-19-37)26-15-14-25(30)34-35-26/h2,6-15H,1,3-5,16-19H2,(H,32,33). The molecule has 0 unspecified atom stereocenters. The SMILES string of the molecule is C=Cc1ccc(-c2nc(-c3ccc(F)cc3)[nH]c2CCCC(=O)N2CCN(c3ccc(Cl)nn3)CC2)cc1. The molecule has 7 nitrogen and oxygen atoms in total. The van der Waals surface area contributed by atoms with Crippen LogP contribution in [-0.4, -0.2) is 57.2 Å². The first-order valence-corrected chi connectivity index (χ1v) is 13.0. The number of imidazole rings is 1. The van der Waals surface area contributed by atoms with Crippen molar-refractivity contribution in [2.75, 3.05) is 31.1 Å². The summed E-state index contributed by atoms with van der Waals surface area (Å²) in [6.45, 7) is 6.51. The highest BCUT2D eigenvalue weighted by Crippen LogP contribution is 2.28. The summed E-state index contributed by atoms with van der Waals surface area (Å²) >= 11 is 5.83. The van der Waals surface area contributed by atoms with Gasteiger partial charge in [-0.2, -0.15) is 0 Å². The van der Waals surface area contributed by atoms with Gasteiger partial charge in [0.1, 0.15) is 11.6 Å². The van der Waals surface area contributed by atoms with E-state index in [2.05, 4.69) is 26.7 Å². The van der Waals surface area contributed by atoms with Crippen LogP contribution in [0, 0.1) is 5.82 Å². The highest BCUT2D eigenvalue weighted by Gasteiger charge is 2.22. The fourth-order valence-electron chi connectivity index (χ4n) is 4.59. The molecule has 9 heteroatoms. The van der Waals surface area contributed by atoms with Crippen LogP contribution in [0.15, 0.2) is 67.2 Å². The molecule has 1 fully saturated rings. The van der Waals surface area contributed by atoms with Crippen molar-refractivity contribution in [3.8, 4) is 22.6 Å². The number of nitrogens with zero attached hydrogens (tertiary/aromatic N) is 5. The molecule has 0 radical (unpaired) electrons. The Kier molecular flexibility index (Phi) is 7.79. The van der Waals surface area contributed by atoms with Crippen molar-refractivity contribution in [1.82, 2.24) is 25.1 Å². The maximum atomic E-state index is 13.5. The van der Waals surface area contributed by atoms with Gasteiger partial charge in [0.2, 0.25) is 5.91 Å². The van der Waals surface area contributed by atoms with Crippen LogP contribution in [0.1, 0.15) is 24.1 Å². The Morgan fingerprint density at radius 1 is 0.974 bits per heavy atom. The summed E-state index contributed by atoms with van der Waals surface area (Å²) in [6, 6.07) is 17.9. The number of benzene rings is 2. The predicted octanol–water partition coefficient (Wildman–Crippen LogP) is 5.64. The number of piperazine rings is 1. The second-order valence-corrected chi connectivity index (χ2v) is 9.57. The minimum atomic E-state index is -0.291. The molecule has 1 aliphatic heterocycles. The van der Waals surface area contributed by atoms with Crippen molar-refractivity contribution in [3.05, 3.63) is 89.5 Å². The molecule has 38 heavy (non-hydrogen) atoms. The molecule has 0 bridgehead atoms. The summed E-state index contributed by atoms with van der Waals surface area (Å²) in [6.07, 6.45) is 3.59. The van der Waals surface area contributed by atoms with Gasteiger partial charge < -0.3 is 14.8 Å². The van der Waals surface area contributed by atoms with Crippen LogP contribution >= 0.6 is 11.6 Å². The van der Waals surface area contributed by atoms with Gasteiger partial charge in [0.25, 0.3) is 0 Å². The van der Waals surface area contributed by atoms with Gasteiger partial charge in [0.15, 0.2) is 11.0 Å². The molecule has 194 valence electrons. The number of carbonyl (C=O) groups is 1. The summed E-state index contributed by atoms with van der Waals surface area (Å²) in [5.74, 6) is 1.30. The summed E-state index contributed by atoms with van der Waals surface area (Å²) in [5, 5.41) is 8.40. The van der Waals surface area contributed by atoms with E-state index in [0.29, 0.717) is 56.4 Å². The van der Waals surface area contributed by atoms with E-state index in [1.807, 2.05) is 35.2 Å². The molecular formula is C29H28ClFN6O. The number of anilines is 1. The highest BCUT2D eigenvalue weighted by molar-refractivity contribution is 6.29. The fourth-order valence-corrected chi connectivity index (χ4v) is 4.69. The summed E-state index contributed by atoms with van der Waals surface area (Å²) in [7, 11) is 0. The monoisotopic (exact) mass is 530 g/mol. The van der Waals surface area contributed by atoms with Crippen molar-refractivity contribution in [2.45, 2.75) is 19.3 Å². The van der Waals surface area contributed by atoms with Crippen molar-refractivity contribution in [1.29, 1.82) is 0 Å². The van der Waals surface area contributed by atoms with E-state index in [1.165, 1.54) is 12.1 Å². The van der Waals surface area contributed by atoms with E-state index in [9.17, 15) is 9.18 Å². The quantitative estimate of drug-likeness (QED) is 0.319. The smallest absolute Gasteiger partial charge is 0.222 e. The number of hydrogen-bond donors (Lipinski definition) is 1. The van der Waals surface area contributed by atoms with E-state index >= 15 is 0 Å². The number of carbonyl (C=O) groups excluding carboxylic acids is 1. The lowest BCUT2D eigenvalue weighted by molar-refractivity contribution is -0.131. The third kappa shape index (κ3) is 5.92. The van der Waals surface area contributed by atoms with Gasteiger partial charge in [-0.15, -0.1) is 10.2 Å². The lowest BCUT2D eigenvalue weighted by Gasteiger charge is -2.35. The topological polar surface area (TPSA) is 78.0 Å². The lowest BCUT2D eigenvalue weighted by atomic mass is 10.0. The molecule has 1 aliphatic rings. The molecule has 0 atom stereocenters. The van der Waals surface area contributed by atoms with Crippen molar-refractivity contribution in [3.63, 3.8) is 0 Å². The van der Waals surface area contributed by atoms with Crippen molar-refractivity contribution >= 4 is 29.4 Å². The molecule has 5 rings (SSSR count). The van der Waals surface area contributed by atoms with Gasteiger partial charge in [0, 0.05) is 49.4 Å². The van der Waals surface area contributed by atoms with Crippen LogP contribution < -0.4 is 4.90 Å². The van der Waals surface area contributed by atoms with Gasteiger partial charge in [0.05, 0.1) is 5.69 Å². The normalized spacial score (nSPS) is 13.5. The Morgan fingerprint density at radius 3 is 2.34 bits per heavy atom. The summed E-state index contributed by atoms with van der Waals surface area (Å²) in [4.78, 5) is 25.2. The number of aryl methyl sites for hydroxylation is 1. The first-order chi connectivity index (χ1) is 18.5. The third-order valence-corrected chi connectivity index (χ3v) is 6.91. The highest BCUT2D eigenvalue weighted by atomic mass is 35.5. The first kappa shape index (κ1) is 25.6. The Morgan fingerprint density at radius 2 is 1.68 bits per heavy atom. The molecule has 2 aromatic carbocycles. The Hall–Kier alpha value is -4.04. The number of nitrogens with one attached hydrogen (secondary N) is 1. The second-order valence-electron chi connectivity index (χ2n) is 9.18. The lowest BCUT2D eigenvalue weighted by Crippen LogP contribution is -2.49. The Labute approximate surface area is 226 Å². The Bertz CT molecular complexity index is 1390. The van der Waals surface area contributed by atoms with Crippen LogP contribution in [0.3, 0.4) is 0 Å². The molecular weight excluding hydrogens is 503 g/mol. The first-order valence-electron chi connectivity index (χ1n) is 12.6. The molecule has 4 aromatic rings. The number of halogens is 2. The third-order valence-electron chi connectivity index (χ3n) is 6.71. The number of amides is 1. The maximum Gasteiger partial charge on any atom is 0.222 e. The van der Waals surface area contributed by atoms with E-state index in [0.717, 1.165) is 33.9 Å². The van der Waals surface area contributed by atoms with E-state index in [1.54, 1.807) is 24.3 Å². The molecule has 1 saturated heterocycles. The molecule has 2 aromatic heterocycles. The van der Waals surface area contributed by atoms with Crippen LogP contribution in [0.5, 0.6) is 0 Å². The number of rotatable bonds is 8. The van der Waals surface area contributed by atoms with Gasteiger partial charge in [-0.1, -0.05) is 48.5 Å². The van der Waals surface area contributed by atoms with Crippen molar-refractivity contribution in [2.24, 2.45) is 0 Å². The number of H-pyrrole nitrogens is 1. The van der Waals surface area contributed by atoms with E-state index in [-0.39, 0.29) is 11.7 Å². The zero-order valence-electron chi connectivity index (χ0n) is 20.9. The number of aromatic amines is 1. The predicted molar refractivity (Wildman–Crippen MR) is 148 cm³/mol. The zero-order valence-corrected chi connectivity index (χ0v) is 21.7. The molecule has 0 spiro atoms. The summed E-state index contributed by atoms with van der Waals surface area (Å²) < 4.78 is 13.5. The molecule has 1 amide bonds. The van der Waals surface area contributed by atoms with E-state index in [4.69, 9.17) is 16.6 Å². The molecule has 1 N–H and O–H groups in total. The average molecular weight is 531 g/mol. The largest absolute Gasteiger partial charge is 0.352 e. The number of aromatic nitrogens is 4. The van der Waals surface area contributed by atoms with Crippen LogP contribution in [0.25, 0.3) is 28.7 Å².